The van der Waals surface area contributed by atoms with E-state index in [0.717, 1.165) is 12.2 Å². The van der Waals surface area contributed by atoms with Gasteiger partial charge in [0.25, 0.3) is 0 Å². The van der Waals surface area contributed by atoms with Crippen LogP contribution in [0.15, 0.2) is 47.7 Å². The topological polar surface area (TPSA) is 68.2 Å². The van der Waals surface area contributed by atoms with Crippen LogP contribution in [0.3, 0.4) is 0 Å². The zero-order chi connectivity index (χ0) is 14.4. The van der Waals surface area contributed by atoms with E-state index in [0.29, 0.717) is 18.4 Å². The number of hydrogen-bond acceptors (Lipinski definition) is 2. The van der Waals surface area contributed by atoms with Gasteiger partial charge in [0.05, 0.1) is 13.1 Å². The number of rotatable bonds is 5. The molecule has 20 heavy (non-hydrogen) atoms. The van der Waals surface area contributed by atoms with Gasteiger partial charge in [0.2, 0.25) is 0 Å². The van der Waals surface area contributed by atoms with Crippen molar-refractivity contribution in [2.24, 2.45) is 10.7 Å². The minimum absolute atomic E-state index is 0.429. The number of hydrogen-bond donors (Lipinski definition) is 2. The molecule has 0 spiro atoms. The molecule has 0 atom stereocenters. The van der Waals surface area contributed by atoms with Gasteiger partial charge in [-0.1, -0.05) is 26.0 Å². The van der Waals surface area contributed by atoms with E-state index in [1.165, 1.54) is 5.56 Å². The lowest BCUT2D eigenvalue weighted by Crippen LogP contribution is -2.23. The number of aliphatic imine (C=N–C) groups is 1. The average molecular weight is 271 g/mol. The molecule has 0 aliphatic heterocycles. The number of guanidine groups is 1. The second kappa shape index (κ2) is 6.75. The smallest absolute Gasteiger partial charge is 0.193 e. The number of nitrogens with two attached hydrogens (primary N) is 1. The molecule has 3 N–H and O–H groups in total. The summed E-state index contributed by atoms with van der Waals surface area (Å²) in [5.41, 5.74) is 8.13. The van der Waals surface area contributed by atoms with E-state index >= 15 is 0 Å². The highest BCUT2D eigenvalue weighted by molar-refractivity contribution is 5.92. The van der Waals surface area contributed by atoms with Crippen LogP contribution in [0.2, 0.25) is 0 Å². The van der Waals surface area contributed by atoms with Gasteiger partial charge < -0.3 is 11.1 Å². The first-order valence-corrected chi connectivity index (χ1v) is 6.79. The van der Waals surface area contributed by atoms with Crippen molar-refractivity contribution in [1.82, 2.24) is 9.78 Å². The highest BCUT2D eigenvalue weighted by Crippen LogP contribution is 2.18. The second-order valence-corrected chi connectivity index (χ2v) is 4.94. The van der Waals surface area contributed by atoms with Gasteiger partial charge in [0, 0.05) is 18.1 Å². The molecule has 5 heteroatoms. The predicted molar refractivity (Wildman–Crippen MR) is 82.9 cm³/mol. The van der Waals surface area contributed by atoms with Crippen LogP contribution in [-0.4, -0.2) is 22.3 Å². The number of nitrogens with one attached hydrogen (secondary N) is 1. The standard InChI is InChI=1S/C15H21N5/c1-12(2)13-5-3-6-14(11-13)19-15(16)17-8-10-20-9-4-7-18-20/h3-7,9,11-12H,8,10H2,1-2H3,(H3,16,17,19). The van der Waals surface area contributed by atoms with Gasteiger partial charge in [-0.05, 0) is 29.7 Å². The van der Waals surface area contributed by atoms with Crippen LogP contribution >= 0.6 is 0 Å². The first-order valence-electron chi connectivity index (χ1n) is 6.79. The maximum absolute atomic E-state index is 5.88. The highest BCUT2D eigenvalue weighted by Gasteiger charge is 2.01. The maximum Gasteiger partial charge on any atom is 0.193 e. The van der Waals surface area contributed by atoms with Gasteiger partial charge in [0.1, 0.15) is 0 Å². The number of anilines is 1. The maximum atomic E-state index is 5.88. The van der Waals surface area contributed by atoms with Crippen molar-refractivity contribution >= 4 is 11.6 Å². The fourth-order valence-electron chi connectivity index (χ4n) is 1.87. The molecule has 1 aromatic heterocycles. The fourth-order valence-corrected chi connectivity index (χ4v) is 1.87. The molecular formula is C15H21N5. The third kappa shape index (κ3) is 4.12. The fraction of sp³-hybridized carbons (Fsp3) is 0.333. The lowest BCUT2D eigenvalue weighted by molar-refractivity contribution is 0.625. The van der Waals surface area contributed by atoms with Crippen LogP contribution in [0.5, 0.6) is 0 Å². The molecule has 1 heterocycles. The minimum atomic E-state index is 0.429. The number of aromatic nitrogens is 2. The van der Waals surface area contributed by atoms with E-state index < -0.39 is 0 Å². The summed E-state index contributed by atoms with van der Waals surface area (Å²) in [5.74, 6) is 0.924. The van der Waals surface area contributed by atoms with Gasteiger partial charge in [0.15, 0.2) is 5.96 Å². The molecule has 0 aliphatic rings. The molecule has 5 nitrogen and oxygen atoms in total. The summed E-state index contributed by atoms with van der Waals surface area (Å²) >= 11 is 0. The van der Waals surface area contributed by atoms with E-state index in [9.17, 15) is 0 Å². The molecule has 0 aliphatic carbocycles. The molecule has 2 aromatic rings. The largest absolute Gasteiger partial charge is 0.370 e. The Kier molecular flexibility index (Phi) is 4.76. The van der Waals surface area contributed by atoms with E-state index in [4.69, 9.17) is 5.73 Å². The Morgan fingerprint density at radius 2 is 2.25 bits per heavy atom. The van der Waals surface area contributed by atoms with E-state index in [1.807, 2.05) is 29.1 Å². The first-order chi connectivity index (χ1) is 9.65. The summed E-state index contributed by atoms with van der Waals surface area (Å²) in [6.07, 6.45) is 3.66. The van der Waals surface area contributed by atoms with Crippen molar-refractivity contribution < 1.29 is 0 Å². The summed E-state index contributed by atoms with van der Waals surface area (Å²) in [7, 11) is 0. The van der Waals surface area contributed by atoms with Gasteiger partial charge in [-0.15, -0.1) is 0 Å². The Bertz CT molecular complexity index is 557. The summed E-state index contributed by atoms with van der Waals surface area (Å²) in [5, 5.41) is 7.23. The van der Waals surface area contributed by atoms with Crippen LogP contribution in [0.25, 0.3) is 0 Å². The average Bonchev–Trinajstić information content (AvgIpc) is 2.92. The van der Waals surface area contributed by atoms with Crippen LogP contribution in [0.4, 0.5) is 5.69 Å². The molecule has 0 radical (unpaired) electrons. The molecule has 0 bridgehead atoms. The Morgan fingerprint density at radius 3 is 2.95 bits per heavy atom. The summed E-state index contributed by atoms with van der Waals surface area (Å²) < 4.78 is 1.83. The Balaban J connectivity index is 1.90. The third-order valence-corrected chi connectivity index (χ3v) is 3.00. The Hall–Kier alpha value is -2.30. The van der Waals surface area contributed by atoms with Crippen LogP contribution in [0, 0.1) is 0 Å². The molecule has 0 saturated heterocycles. The monoisotopic (exact) mass is 271 g/mol. The SMILES string of the molecule is CC(C)c1cccc(NC(N)=NCCn2cccn2)c1. The third-order valence-electron chi connectivity index (χ3n) is 3.00. The van der Waals surface area contributed by atoms with Crippen LogP contribution < -0.4 is 11.1 Å². The molecule has 0 amide bonds. The van der Waals surface area contributed by atoms with Crippen molar-refractivity contribution in [2.75, 3.05) is 11.9 Å². The van der Waals surface area contributed by atoms with Crippen LogP contribution in [-0.2, 0) is 6.54 Å². The first kappa shape index (κ1) is 14.1. The number of nitrogens with zero attached hydrogens (tertiary/aromatic N) is 3. The Morgan fingerprint density at radius 1 is 1.40 bits per heavy atom. The minimum Gasteiger partial charge on any atom is -0.370 e. The zero-order valence-electron chi connectivity index (χ0n) is 12.0. The number of benzene rings is 1. The van der Waals surface area contributed by atoms with Gasteiger partial charge in [-0.3, -0.25) is 9.67 Å². The van der Waals surface area contributed by atoms with Crippen molar-refractivity contribution in [3.8, 4) is 0 Å². The lowest BCUT2D eigenvalue weighted by atomic mass is 10.0. The normalized spacial score (nSPS) is 11.8. The Labute approximate surface area is 119 Å². The van der Waals surface area contributed by atoms with E-state index in [-0.39, 0.29) is 0 Å². The van der Waals surface area contributed by atoms with E-state index in [2.05, 4.69) is 41.4 Å². The van der Waals surface area contributed by atoms with Crippen molar-refractivity contribution in [3.63, 3.8) is 0 Å². The highest BCUT2D eigenvalue weighted by atomic mass is 15.3. The van der Waals surface area contributed by atoms with Gasteiger partial charge >= 0.3 is 0 Å². The molecule has 0 saturated carbocycles. The van der Waals surface area contributed by atoms with Crippen molar-refractivity contribution in [1.29, 1.82) is 0 Å². The molecule has 2 rings (SSSR count). The van der Waals surface area contributed by atoms with Crippen molar-refractivity contribution in [3.05, 3.63) is 48.3 Å². The molecular weight excluding hydrogens is 250 g/mol. The van der Waals surface area contributed by atoms with E-state index in [1.54, 1.807) is 6.20 Å². The molecule has 0 unspecified atom stereocenters. The zero-order valence-corrected chi connectivity index (χ0v) is 12.0. The molecule has 1 aromatic carbocycles. The summed E-state index contributed by atoms with van der Waals surface area (Å²) in [4.78, 5) is 4.29. The summed E-state index contributed by atoms with van der Waals surface area (Å²) in [6, 6.07) is 10.1. The molecule has 0 fully saturated rings. The van der Waals surface area contributed by atoms with Gasteiger partial charge in [-0.2, -0.15) is 5.10 Å². The predicted octanol–water partition coefficient (Wildman–Crippen LogP) is 2.43. The van der Waals surface area contributed by atoms with Gasteiger partial charge in [-0.25, -0.2) is 0 Å². The van der Waals surface area contributed by atoms with Crippen LogP contribution in [0.1, 0.15) is 25.3 Å². The molecule has 106 valence electrons. The second-order valence-electron chi connectivity index (χ2n) is 4.94. The van der Waals surface area contributed by atoms with Crippen molar-refractivity contribution in [2.45, 2.75) is 26.3 Å². The lowest BCUT2D eigenvalue weighted by Gasteiger charge is -2.10. The summed E-state index contributed by atoms with van der Waals surface area (Å²) in [6.45, 7) is 5.66. The quantitative estimate of drug-likeness (QED) is 0.648.